The van der Waals surface area contributed by atoms with Crippen LogP contribution in [-0.4, -0.2) is 76.0 Å². The molecule has 0 aromatic carbocycles. The Balaban J connectivity index is 1.80. The summed E-state index contributed by atoms with van der Waals surface area (Å²) in [6.45, 7) is 13.2. The van der Waals surface area contributed by atoms with Gasteiger partial charge in [0.15, 0.2) is 5.13 Å². The van der Waals surface area contributed by atoms with Crippen LogP contribution in [0.4, 0.5) is 9.93 Å². The Bertz CT molecular complexity index is 1240. The van der Waals surface area contributed by atoms with Crippen molar-refractivity contribution in [1.29, 1.82) is 0 Å². The van der Waals surface area contributed by atoms with Gasteiger partial charge < -0.3 is 31.9 Å². The topological polar surface area (TPSA) is 193 Å². The Morgan fingerprint density at radius 1 is 1.02 bits per heavy atom. The third kappa shape index (κ3) is 9.24. The number of aromatic nitrogens is 1. The second-order valence-corrected chi connectivity index (χ2v) is 14.9. The molecule has 2 heterocycles. The summed E-state index contributed by atoms with van der Waals surface area (Å²) in [5.74, 6) is -3.60. The minimum Gasteiger partial charge on any atom is -0.363 e. The average molecular weight is 648 g/mol. The van der Waals surface area contributed by atoms with Gasteiger partial charge in [-0.2, -0.15) is 0 Å². The normalized spacial score (nSPS) is 20.6. The van der Waals surface area contributed by atoms with Crippen molar-refractivity contribution in [2.45, 2.75) is 105 Å². The van der Waals surface area contributed by atoms with E-state index in [1.165, 1.54) is 16.2 Å². The summed E-state index contributed by atoms with van der Waals surface area (Å²) >= 11 is 1.25. The van der Waals surface area contributed by atoms with Crippen molar-refractivity contribution in [2.24, 2.45) is 34.8 Å². The van der Waals surface area contributed by atoms with Gasteiger partial charge >= 0.3 is 6.03 Å². The SMILES string of the molecule is CC(C)C1CCN(C(=O)[C@@H](NC(=O)N[C@H](C(=O)Nc2nccs2)C(C)C)C(C)(C)C)[C@@H]1C(=O)NC(CC1CCC1)C(=O)C(N)=O. The Morgan fingerprint density at radius 2 is 1.69 bits per heavy atom. The molecule has 1 saturated carbocycles. The summed E-state index contributed by atoms with van der Waals surface area (Å²) < 4.78 is 0. The number of nitrogens with one attached hydrogen (secondary N) is 4. The van der Waals surface area contributed by atoms with Gasteiger partial charge in [-0.05, 0) is 41.9 Å². The van der Waals surface area contributed by atoms with Gasteiger partial charge in [-0.1, -0.05) is 67.7 Å². The third-order valence-electron chi connectivity index (χ3n) is 8.81. The monoisotopic (exact) mass is 647 g/mol. The van der Waals surface area contributed by atoms with E-state index in [4.69, 9.17) is 5.73 Å². The number of rotatable bonds is 13. The molecule has 2 unspecified atom stereocenters. The van der Waals surface area contributed by atoms with Crippen LogP contribution in [0, 0.1) is 29.1 Å². The van der Waals surface area contributed by atoms with E-state index in [9.17, 15) is 28.8 Å². The van der Waals surface area contributed by atoms with Crippen LogP contribution in [0.2, 0.25) is 0 Å². The molecule has 13 nitrogen and oxygen atoms in total. The molecule has 6 N–H and O–H groups in total. The quantitative estimate of drug-likeness (QED) is 0.203. The number of hydrogen-bond donors (Lipinski definition) is 5. The van der Waals surface area contributed by atoms with E-state index in [2.05, 4.69) is 26.3 Å². The van der Waals surface area contributed by atoms with Crippen LogP contribution in [0.25, 0.3) is 0 Å². The number of Topliss-reactive ketones (excluding diaryl/α,β-unsaturated/α-hetero) is 1. The largest absolute Gasteiger partial charge is 0.363 e. The average Bonchev–Trinajstić information content (AvgIpc) is 3.60. The molecular formula is C31H49N7O6S. The lowest BCUT2D eigenvalue weighted by molar-refractivity contribution is -0.144. The number of ketones is 1. The van der Waals surface area contributed by atoms with Crippen LogP contribution in [0.5, 0.6) is 0 Å². The molecule has 1 aliphatic carbocycles. The van der Waals surface area contributed by atoms with Crippen LogP contribution in [0.15, 0.2) is 11.6 Å². The van der Waals surface area contributed by atoms with Crippen molar-refractivity contribution in [2.75, 3.05) is 11.9 Å². The van der Waals surface area contributed by atoms with Crippen molar-refractivity contribution in [3.63, 3.8) is 0 Å². The van der Waals surface area contributed by atoms with Gasteiger partial charge in [0.05, 0.1) is 6.04 Å². The van der Waals surface area contributed by atoms with Gasteiger partial charge in [-0.25, -0.2) is 9.78 Å². The summed E-state index contributed by atoms with van der Waals surface area (Å²) in [7, 11) is 0. The number of urea groups is 1. The molecule has 1 aromatic heterocycles. The van der Waals surface area contributed by atoms with Crippen molar-refractivity contribution < 1.29 is 28.8 Å². The molecule has 2 fully saturated rings. The standard InChI is InChI=1S/C31H49N7O6S/c1-16(2)19-11-13-38(22(19)27(42)34-20(23(39)25(32)40)15-18-9-8-10-18)28(43)24(31(5,6)7)36-29(44)35-21(17(3)4)26(41)37-30-33-12-14-45-30/h12,14,16-22,24H,8-11,13,15H2,1-7H3,(H2,32,40)(H,34,42)(H,33,37,41)(H2,35,36,44)/t19?,20?,21-,22-,24+/m0/s1. The fourth-order valence-corrected chi connectivity index (χ4v) is 6.48. The lowest BCUT2D eigenvalue weighted by atomic mass is 9.80. The summed E-state index contributed by atoms with van der Waals surface area (Å²) in [6.07, 6.45) is 5.27. The van der Waals surface area contributed by atoms with Crippen LogP contribution in [-0.2, 0) is 24.0 Å². The predicted octanol–water partition coefficient (Wildman–Crippen LogP) is 2.42. The number of primary amides is 1. The predicted molar refractivity (Wildman–Crippen MR) is 171 cm³/mol. The minimum absolute atomic E-state index is 0.0305. The number of anilines is 1. The van der Waals surface area contributed by atoms with Crippen LogP contribution in [0.1, 0.15) is 80.6 Å². The zero-order valence-electron chi connectivity index (χ0n) is 27.3. The van der Waals surface area contributed by atoms with E-state index >= 15 is 0 Å². The molecule has 2 aliphatic rings. The third-order valence-corrected chi connectivity index (χ3v) is 9.50. The van der Waals surface area contributed by atoms with Gasteiger partial charge in [0.1, 0.15) is 18.1 Å². The summed E-state index contributed by atoms with van der Waals surface area (Å²) in [6, 6.07) is -4.63. The van der Waals surface area contributed by atoms with Gasteiger partial charge in [0.2, 0.25) is 23.5 Å². The lowest BCUT2D eigenvalue weighted by Crippen LogP contribution is -2.62. The van der Waals surface area contributed by atoms with E-state index in [0.717, 1.165) is 19.3 Å². The zero-order chi connectivity index (χ0) is 33.6. The molecule has 45 heavy (non-hydrogen) atoms. The van der Waals surface area contributed by atoms with E-state index in [0.29, 0.717) is 18.0 Å². The highest BCUT2D eigenvalue weighted by molar-refractivity contribution is 7.13. The highest BCUT2D eigenvalue weighted by atomic mass is 32.1. The number of amides is 6. The molecule has 1 aliphatic heterocycles. The van der Waals surface area contributed by atoms with Gasteiger partial charge in [0.25, 0.3) is 5.91 Å². The van der Waals surface area contributed by atoms with E-state index in [1.807, 2.05) is 13.8 Å². The Morgan fingerprint density at radius 3 is 2.18 bits per heavy atom. The maximum atomic E-state index is 14.2. The smallest absolute Gasteiger partial charge is 0.316 e. The molecule has 3 rings (SSSR count). The Hall–Kier alpha value is -3.55. The van der Waals surface area contributed by atoms with Gasteiger partial charge in [0, 0.05) is 18.1 Å². The molecule has 0 bridgehead atoms. The second-order valence-electron chi connectivity index (χ2n) is 14.0. The first-order chi connectivity index (χ1) is 21.0. The number of hydrogen-bond acceptors (Lipinski definition) is 8. The minimum atomic E-state index is -1.11. The first-order valence-electron chi connectivity index (χ1n) is 15.7. The molecule has 1 aromatic rings. The number of nitrogens with zero attached hydrogens (tertiary/aromatic N) is 2. The molecule has 6 amide bonds. The number of nitrogens with two attached hydrogens (primary N) is 1. The molecule has 0 spiro atoms. The number of thiazole rings is 1. The number of likely N-dealkylation sites (tertiary alicyclic amines) is 1. The molecule has 14 heteroatoms. The van der Waals surface area contributed by atoms with E-state index < -0.39 is 65.0 Å². The van der Waals surface area contributed by atoms with Crippen LogP contribution < -0.4 is 27.0 Å². The lowest BCUT2D eigenvalue weighted by Gasteiger charge is -2.37. The van der Waals surface area contributed by atoms with Gasteiger partial charge in [-0.15, -0.1) is 11.3 Å². The van der Waals surface area contributed by atoms with Crippen molar-refractivity contribution >= 4 is 51.9 Å². The van der Waals surface area contributed by atoms with Crippen LogP contribution in [0.3, 0.4) is 0 Å². The van der Waals surface area contributed by atoms with Crippen molar-refractivity contribution in [3.8, 4) is 0 Å². The second kappa shape index (κ2) is 15.2. The fourth-order valence-electron chi connectivity index (χ4n) is 5.95. The zero-order valence-corrected chi connectivity index (χ0v) is 28.2. The van der Waals surface area contributed by atoms with Gasteiger partial charge in [-0.3, -0.25) is 24.0 Å². The highest BCUT2D eigenvalue weighted by Crippen LogP contribution is 2.34. The maximum absolute atomic E-state index is 14.2. The Kier molecular flexibility index (Phi) is 12.1. The number of carbonyl (C=O) groups is 6. The summed E-state index contributed by atoms with van der Waals surface area (Å²) in [4.78, 5) is 84.3. The Labute approximate surface area is 269 Å². The van der Waals surface area contributed by atoms with Crippen molar-refractivity contribution in [3.05, 3.63) is 11.6 Å². The summed E-state index contributed by atoms with van der Waals surface area (Å²) in [5.41, 5.74) is 4.55. The highest BCUT2D eigenvalue weighted by Gasteiger charge is 2.48. The molecule has 1 saturated heterocycles. The first-order valence-corrected chi connectivity index (χ1v) is 16.6. The fraction of sp³-hybridized carbons (Fsp3) is 0.710. The van der Waals surface area contributed by atoms with Crippen LogP contribution >= 0.6 is 11.3 Å². The summed E-state index contributed by atoms with van der Waals surface area (Å²) in [5, 5.41) is 13.1. The maximum Gasteiger partial charge on any atom is 0.316 e. The molecule has 5 atom stereocenters. The number of carbonyl (C=O) groups excluding carboxylic acids is 6. The van der Waals surface area contributed by atoms with E-state index in [1.54, 1.807) is 46.2 Å². The molecule has 250 valence electrons. The first kappa shape index (κ1) is 35.9. The van der Waals surface area contributed by atoms with E-state index in [-0.39, 0.29) is 30.2 Å². The van der Waals surface area contributed by atoms with Crippen molar-refractivity contribution in [1.82, 2.24) is 25.8 Å². The molecular weight excluding hydrogens is 598 g/mol. The molecule has 0 radical (unpaired) electrons.